The van der Waals surface area contributed by atoms with Gasteiger partial charge in [0.15, 0.2) is 0 Å². The Balaban J connectivity index is 1.56. The number of halogens is 1. The molecule has 2 aromatic rings. The number of carbonyl (C=O) groups is 2. The van der Waals surface area contributed by atoms with Crippen molar-refractivity contribution in [1.82, 2.24) is 5.32 Å². The van der Waals surface area contributed by atoms with Gasteiger partial charge in [-0.1, -0.05) is 24.3 Å². The zero-order valence-corrected chi connectivity index (χ0v) is 12.5. The summed E-state index contributed by atoms with van der Waals surface area (Å²) in [6, 6.07) is 13.2. The van der Waals surface area contributed by atoms with Gasteiger partial charge in [-0.25, -0.2) is 4.39 Å². The van der Waals surface area contributed by atoms with Crippen LogP contribution >= 0.6 is 0 Å². The minimum absolute atomic E-state index is 0.0243. The van der Waals surface area contributed by atoms with Gasteiger partial charge in [0, 0.05) is 18.0 Å². The van der Waals surface area contributed by atoms with Crippen LogP contribution in [0.3, 0.4) is 0 Å². The molecule has 2 aromatic carbocycles. The van der Waals surface area contributed by atoms with Crippen LogP contribution in [0.5, 0.6) is 0 Å². The highest BCUT2D eigenvalue weighted by molar-refractivity contribution is 5.92. The summed E-state index contributed by atoms with van der Waals surface area (Å²) in [4.78, 5) is 23.3. The number of amides is 2. The lowest BCUT2D eigenvalue weighted by Crippen LogP contribution is -2.25. The van der Waals surface area contributed by atoms with Gasteiger partial charge in [0.2, 0.25) is 11.8 Å². The number of rotatable bonds is 5. The summed E-state index contributed by atoms with van der Waals surface area (Å²) < 4.78 is 12.9. The number of hydrogen-bond donors (Lipinski definition) is 2. The number of benzene rings is 2. The monoisotopic (exact) mass is 312 g/mol. The average molecular weight is 312 g/mol. The van der Waals surface area contributed by atoms with Crippen molar-refractivity contribution >= 4 is 11.8 Å². The van der Waals surface area contributed by atoms with Crippen molar-refractivity contribution in [1.29, 1.82) is 0 Å². The van der Waals surface area contributed by atoms with Crippen LogP contribution in [0.4, 0.5) is 4.39 Å². The lowest BCUT2D eigenvalue weighted by Gasteiger charge is -2.06. The summed E-state index contributed by atoms with van der Waals surface area (Å²) in [5.41, 5.74) is 7.48. The smallest absolute Gasteiger partial charge is 0.248 e. The highest BCUT2D eigenvalue weighted by Gasteiger charge is 2.43. The van der Waals surface area contributed by atoms with Gasteiger partial charge in [-0.15, -0.1) is 0 Å². The minimum atomic E-state index is -0.489. The van der Waals surface area contributed by atoms with Gasteiger partial charge in [-0.2, -0.15) is 0 Å². The Morgan fingerprint density at radius 3 is 2.61 bits per heavy atom. The lowest BCUT2D eigenvalue weighted by atomic mass is 10.1. The molecule has 2 atom stereocenters. The second-order valence-corrected chi connectivity index (χ2v) is 5.78. The summed E-state index contributed by atoms with van der Waals surface area (Å²) in [5.74, 6) is -0.697. The number of nitrogens with two attached hydrogens (primary N) is 1. The Kier molecular flexibility index (Phi) is 4.10. The first-order valence-corrected chi connectivity index (χ1v) is 7.46. The molecule has 0 unspecified atom stereocenters. The molecule has 23 heavy (non-hydrogen) atoms. The Morgan fingerprint density at radius 2 is 1.91 bits per heavy atom. The van der Waals surface area contributed by atoms with E-state index < -0.39 is 5.91 Å². The van der Waals surface area contributed by atoms with Crippen molar-refractivity contribution in [2.45, 2.75) is 18.9 Å². The van der Waals surface area contributed by atoms with Crippen LogP contribution in [0.2, 0.25) is 0 Å². The molecule has 1 aliphatic rings. The first kappa shape index (κ1) is 15.2. The second kappa shape index (κ2) is 6.20. The van der Waals surface area contributed by atoms with E-state index in [0.717, 1.165) is 17.5 Å². The van der Waals surface area contributed by atoms with Gasteiger partial charge in [0.1, 0.15) is 5.82 Å². The third-order valence-electron chi connectivity index (χ3n) is 4.10. The third kappa shape index (κ3) is 3.56. The zero-order chi connectivity index (χ0) is 16.4. The summed E-state index contributed by atoms with van der Waals surface area (Å²) in [7, 11) is 0. The van der Waals surface area contributed by atoms with Crippen molar-refractivity contribution < 1.29 is 14.0 Å². The van der Waals surface area contributed by atoms with E-state index in [1.165, 1.54) is 12.1 Å². The molecule has 1 saturated carbocycles. The van der Waals surface area contributed by atoms with Crippen molar-refractivity contribution in [2.75, 3.05) is 0 Å². The molecule has 1 fully saturated rings. The van der Waals surface area contributed by atoms with Gasteiger partial charge < -0.3 is 11.1 Å². The Bertz CT molecular complexity index is 743. The summed E-state index contributed by atoms with van der Waals surface area (Å²) >= 11 is 0. The average Bonchev–Trinajstić information content (AvgIpc) is 3.34. The van der Waals surface area contributed by atoms with Gasteiger partial charge in [-0.05, 0) is 47.7 Å². The fourth-order valence-corrected chi connectivity index (χ4v) is 2.72. The molecular weight excluding hydrogens is 295 g/mol. The Morgan fingerprint density at radius 1 is 1.17 bits per heavy atom. The van der Waals surface area contributed by atoms with Gasteiger partial charge >= 0.3 is 0 Å². The molecule has 0 heterocycles. The largest absolute Gasteiger partial charge is 0.366 e. The molecule has 0 bridgehead atoms. The van der Waals surface area contributed by atoms with Crippen LogP contribution in [0.15, 0.2) is 48.5 Å². The maximum Gasteiger partial charge on any atom is 0.248 e. The number of nitrogens with one attached hydrogen (secondary N) is 1. The van der Waals surface area contributed by atoms with Crippen molar-refractivity contribution in [2.24, 2.45) is 11.7 Å². The van der Waals surface area contributed by atoms with Gasteiger partial charge in [0.25, 0.3) is 0 Å². The summed E-state index contributed by atoms with van der Waals surface area (Å²) in [5, 5.41) is 2.87. The Labute approximate surface area is 133 Å². The van der Waals surface area contributed by atoms with Crippen molar-refractivity contribution in [3.8, 4) is 0 Å². The van der Waals surface area contributed by atoms with Crippen LogP contribution in [-0.2, 0) is 11.3 Å². The van der Waals surface area contributed by atoms with E-state index in [1.807, 2.05) is 6.07 Å². The van der Waals surface area contributed by atoms with Crippen LogP contribution in [-0.4, -0.2) is 11.8 Å². The van der Waals surface area contributed by atoms with Gasteiger partial charge in [-0.3, -0.25) is 9.59 Å². The maximum atomic E-state index is 12.9. The highest BCUT2D eigenvalue weighted by Crippen LogP contribution is 2.47. The topological polar surface area (TPSA) is 72.2 Å². The molecule has 0 radical (unpaired) electrons. The molecule has 5 heteroatoms. The molecule has 3 rings (SSSR count). The van der Waals surface area contributed by atoms with Crippen molar-refractivity contribution in [3.63, 3.8) is 0 Å². The molecule has 2 amide bonds. The normalized spacial score (nSPS) is 19.2. The number of hydrogen-bond acceptors (Lipinski definition) is 2. The fourth-order valence-electron chi connectivity index (χ4n) is 2.72. The minimum Gasteiger partial charge on any atom is -0.366 e. The standard InChI is InChI=1S/C18H17FN2O2/c19-14-6-4-12(5-7-14)15-9-16(15)18(23)21-10-11-2-1-3-13(8-11)17(20)22/h1-8,15-16H,9-10H2,(H2,20,22)(H,21,23)/t15-,16-/m1/s1. The van der Waals surface area contributed by atoms with E-state index in [0.29, 0.717) is 12.1 Å². The first-order valence-electron chi connectivity index (χ1n) is 7.46. The number of primary amides is 1. The van der Waals surface area contributed by atoms with E-state index in [4.69, 9.17) is 5.73 Å². The quantitative estimate of drug-likeness (QED) is 0.889. The molecule has 1 aliphatic carbocycles. The van der Waals surface area contributed by atoms with E-state index >= 15 is 0 Å². The molecule has 0 spiro atoms. The van der Waals surface area contributed by atoms with Crippen LogP contribution < -0.4 is 11.1 Å². The predicted molar refractivity (Wildman–Crippen MR) is 84.1 cm³/mol. The Hall–Kier alpha value is -2.69. The molecule has 0 aliphatic heterocycles. The molecular formula is C18H17FN2O2. The second-order valence-electron chi connectivity index (χ2n) is 5.78. The van der Waals surface area contributed by atoms with Crippen LogP contribution in [0, 0.1) is 11.7 Å². The number of carbonyl (C=O) groups excluding carboxylic acids is 2. The third-order valence-corrected chi connectivity index (χ3v) is 4.10. The van der Waals surface area contributed by atoms with E-state index in [-0.39, 0.29) is 23.6 Å². The summed E-state index contributed by atoms with van der Waals surface area (Å²) in [6.45, 7) is 0.354. The zero-order valence-electron chi connectivity index (χ0n) is 12.5. The SMILES string of the molecule is NC(=O)c1cccc(CNC(=O)[C@@H]2C[C@@H]2c2ccc(F)cc2)c1. The van der Waals surface area contributed by atoms with Crippen LogP contribution in [0.25, 0.3) is 0 Å². The fraction of sp³-hybridized carbons (Fsp3) is 0.222. The summed E-state index contributed by atoms with van der Waals surface area (Å²) in [6.07, 6.45) is 0.777. The van der Waals surface area contributed by atoms with Crippen molar-refractivity contribution in [3.05, 3.63) is 71.0 Å². The molecule has 118 valence electrons. The van der Waals surface area contributed by atoms with E-state index in [1.54, 1.807) is 30.3 Å². The highest BCUT2D eigenvalue weighted by atomic mass is 19.1. The first-order chi connectivity index (χ1) is 11.0. The predicted octanol–water partition coefficient (Wildman–Crippen LogP) is 2.34. The van der Waals surface area contributed by atoms with Crippen LogP contribution in [0.1, 0.15) is 33.8 Å². The molecule has 3 N–H and O–H groups in total. The lowest BCUT2D eigenvalue weighted by molar-refractivity contribution is -0.122. The van der Waals surface area contributed by atoms with E-state index in [9.17, 15) is 14.0 Å². The molecule has 4 nitrogen and oxygen atoms in total. The molecule has 0 saturated heterocycles. The maximum absolute atomic E-state index is 12.9. The van der Waals surface area contributed by atoms with Gasteiger partial charge in [0.05, 0.1) is 0 Å². The van der Waals surface area contributed by atoms with E-state index in [2.05, 4.69) is 5.32 Å². The molecule has 0 aromatic heterocycles.